The molecule has 3 aromatic rings. The first-order valence-corrected chi connectivity index (χ1v) is 12.2. The van der Waals surface area contributed by atoms with Gasteiger partial charge in [-0.15, -0.1) is 0 Å². The van der Waals surface area contributed by atoms with Crippen LogP contribution in [0.2, 0.25) is 10.0 Å². The van der Waals surface area contributed by atoms with Gasteiger partial charge in [-0.2, -0.15) is 5.10 Å². The van der Waals surface area contributed by atoms with Crippen molar-refractivity contribution < 1.29 is 13.2 Å². The lowest BCUT2D eigenvalue weighted by Crippen LogP contribution is -2.30. The largest absolute Gasteiger partial charge is 0.352 e. The summed E-state index contributed by atoms with van der Waals surface area (Å²) >= 11 is 11.9. The van der Waals surface area contributed by atoms with Crippen LogP contribution < -0.4 is 10.0 Å². The number of nitrogens with one attached hydrogen (secondary N) is 2. The fourth-order valence-electron chi connectivity index (χ4n) is 3.21. The Labute approximate surface area is 197 Å². The lowest BCUT2D eigenvalue weighted by molar-refractivity contribution is 0.0946. The van der Waals surface area contributed by atoms with Gasteiger partial charge in [0.15, 0.2) is 0 Å². The third kappa shape index (κ3) is 6.03. The first-order chi connectivity index (χ1) is 15.0. The second kappa shape index (κ2) is 9.94. The van der Waals surface area contributed by atoms with Gasteiger partial charge in [-0.25, -0.2) is 8.42 Å². The Kier molecular flexibility index (Phi) is 7.48. The number of anilines is 1. The average Bonchev–Trinajstić information content (AvgIpc) is 3.04. The van der Waals surface area contributed by atoms with Crippen LogP contribution >= 0.6 is 23.2 Å². The highest BCUT2D eigenvalue weighted by atomic mass is 35.5. The molecule has 2 N–H and O–H groups in total. The molecule has 0 fully saturated rings. The van der Waals surface area contributed by atoms with Crippen LogP contribution in [-0.2, 0) is 16.6 Å². The van der Waals surface area contributed by atoms with Crippen LogP contribution in [0.25, 0.3) is 0 Å². The van der Waals surface area contributed by atoms with Crippen molar-refractivity contribution in [2.24, 2.45) is 5.92 Å². The van der Waals surface area contributed by atoms with Gasteiger partial charge < -0.3 is 5.32 Å². The van der Waals surface area contributed by atoms with Gasteiger partial charge in [-0.05, 0) is 62.2 Å². The van der Waals surface area contributed by atoms with Gasteiger partial charge in [0, 0.05) is 35.1 Å². The summed E-state index contributed by atoms with van der Waals surface area (Å²) in [6, 6.07) is 12.4. The number of aryl methyl sites for hydroxylation is 2. The molecule has 10 heteroatoms. The van der Waals surface area contributed by atoms with Gasteiger partial charge in [-0.1, -0.05) is 36.2 Å². The Hall–Kier alpha value is -2.55. The number of hydrogen-bond acceptors (Lipinski definition) is 4. The van der Waals surface area contributed by atoms with E-state index in [0.29, 0.717) is 18.7 Å². The molecule has 7 nitrogen and oxygen atoms in total. The van der Waals surface area contributed by atoms with Crippen molar-refractivity contribution in [1.29, 1.82) is 0 Å². The fourth-order valence-corrected chi connectivity index (χ4v) is 5.02. The molecule has 3 rings (SSSR count). The topological polar surface area (TPSA) is 93.1 Å². The number of hydrogen-bond donors (Lipinski definition) is 2. The first kappa shape index (κ1) is 24.1. The van der Waals surface area contributed by atoms with E-state index >= 15 is 0 Å². The quantitative estimate of drug-likeness (QED) is 0.475. The summed E-state index contributed by atoms with van der Waals surface area (Å²) in [7, 11) is -3.98. The van der Waals surface area contributed by atoms with E-state index in [4.69, 9.17) is 23.2 Å². The van der Waals surface area contributed by atoms with Crippen molar-refractivity contribution in [3.05, 3.63) is 75.5 Å². The number of carbonyl (C=O) groups excluding carboxylic acids is 1. The minimum Gasteiger partial charge on any atom is -0.352 e. The SMILES string of the molecule is Cc1cc(C)n(CC(C)CNC(=O)c2cccc(NS(=O)(=O)c3cc(Cl)ccc3Cl)c2)n1. The second-order valence-electron chi connectivity index (χ2n) is 7.69. The summed E-state index contributed by atoms with van der Waals surface area (Å²) in [6.45, 7) is 7.09. The lowest BCUT2D eigenvalue weighted by Gasteiger charge is -2.15. The van der Waals surface area contributed by atoms with Gasteiger partial charge in [0.2, 0.25) is 0 Å². The van der Waals surface area contributed by atoms with Crippen molar-refractivity contribution in [3.8, 4) is 0 Å². The maximum atomic E-state index is 12.7. The lowest BCUT2D eigenvalue weighted by atomic mass is 10.1. The molecule has 0 spiro atoms. The molecule has 170 valence electrons. The number of amides is 1. The Morgan fingerprint density at radius 1 is 1.12 bits per heavy atom. The van der Waals surface area contributed by atoms with Crippen molar-refractivity contribution >= 4 is 44.8 Å². The zero-order valence-electron chi connectivity index (χ0n) is 17.9. The molecule has 0 saturated carbocycles. The molecular formula is C22H24Cl2N4O3S. The van der Waals surface area contributed by atoms with Crippen LogP contribution in [0.15, 0.2) is 53.4 Å². The van der Waals surface area contributed by atoms with Crippen molar-refractivity contribution in [2.45, 2.75) is 32.2 Å². The number of carbonyl (C=O) groups is 1. The zero-order chi connectivity index (χ0) is 23.5. The zero-order valence-corrected chi connectivity index (χ0v) is 20.2. The molecule has 0 aliphatic carbocycles. The summed E-state index contributed by atoms with van der Waals surface area (Å²) in [5.74, 6) is -0.143. The minimum atomic E-state index is -3.98. The van der Waals surface area contributed by atoms with Crippen LogP contribution in [0.4, 0.5) is 5.69 Å². The van der Waals surface area contributed by atoms with Gasteiger partial charge in [0.05, 0.1) is 10.7 Å². The van der Waals surface area contributed by atoms with Gasteiger partial charge >= 0.3 is 0 Å². The molecule has 0 aliphatic rings. The molecule has 0 radical (unpaired) electrons. The monoisotopic (exact) mass is 494 g/mol. The third-order valence-corrected chi connectivity index (χ3v) is 6.86. The van der Waals surface area contributed by atoms with E-state index in [0.717, 1.165) is 11.4 Å². The summed E-state index contributed by atoms with van der Waals surface area (Å²) in [4.78, 5) is 12.5. The number of halogens is 2. The minimum absolute atomic E-state index is 0.0485. The number of rotatable bonds is 8. The molecular weight excluding hydrogens is 471 g/mol. The molecule has 1 atom stereocenters. The van der Waals surface area contributed by atoms with Gasteiger partial charge in [0.25, 0.3) is 15.9 Å². The van der Waals surface area contributed by atoms with E-state index in [9.17, 15) is 13.2 Å². The Bertz CT molecular complexity index is 1240. The highest BCUT2D eigenvalue weighted by molar-refractivity contribution is 7.92. The molecule has 32 heavy (non-hydrogen) atoms. The smallest absolute Gasteiger partial charge is 0.263 e. The molecule has 0 bridgehead atoms. The summed E-state index contributed by atoms with van der Waals surface area (Å²) in [6.07, 6.45) is 0. The number of aromatic nitrogens is 2. The molecule has 1 heterocycles. The van der Waals surface area contributed by atoms with E-state index < -0.39 is 10.0 Å². The van der Waals surface area contributed by atoms with Crippen molar-refractivity contribution in [2.75, 3.05) is 11.3 Å². The first-order valence-electron chi connectivity index (χ1n) is 9.92. The van der Waals surface area contributed by atoms with Crippen LogP contribution in [0.1, 0.15) is 28.7 Å². The molecule has 1 amide bonds. The maximum absolute atomic E-state index is 12.7. The molecule has 0 saturated heterocycles. The van der Waals surface area contributed by atoms with E-state index in [1.807, 2.05) is 31.5 Å². The van der Waals surface area contributed by atoms with E-state index in [2.05, 4.69) is 15.1 Å². The standard InChI is InChI=1S/C22H24Cl2N4O3S/c1-14(13-28-16(3)9-15(2)26-28)12-25-22(29)17-5-4-6-19(10-17)27-32(30,31)21-11-18(23)7-8-20(21)24/h4-11,14,27H,12-13H2,1-3H3,(H,25,29). The summed E-state index contributed by atoms with van der Waals surface area (Å²) < 4.78 is 29.8. The summed E-state index contributed by atoms with van der Waals surface area (Å²) in [5.41, 5.74) is 2.60. The third-order valence-electron chi connectivity index (χ3n) is 4.76. The number of benzene rings is 2. The second-order valence-corrected chi connectivity index (χ2v) is 10.2. The Morgan fingerprint density at radius 2 is 1.88 bits per heavy atom. The van der Waals surface area contributed by atoms with Crippen molar-refractivity contribution in [1.82, 2.24) is 15.1 Å². The molecule has 2 aromatic carbocycles. The number of sulfonamides is 1. The van der Waals surface area contributed by atoms with Gasteiger partial charge in [-0.3, -0.25) is 14.2 Å². The molecule has 1 unspecified atom stereocenters. The predicted octanol–water partition coefficient (Wildman–Crippen LogP) is 4.67. The highest BCUT2D eigenvalue weighted by Crippen LogP contribution is 2.27. The van der Waals surface area contributed by atoms with Crippen LogP contribution in [0, 0.1) is 19.8 Å². The Balaban J connectivity index is 1.65. The van der Waals surface area contributed by atoms with E-state index in [-0.39, 0.29) is 32.5 Å². The van der Waals surface area contributed by atoms with Crippen molar-refractivity contribution in [3.63, 3.8) is 0 Å². The predicted molar refractivity (Wildman–Crippen MR) is 127 cm³/mol. The van der Waals surface area contributed by atoms with Gasteiger partial charge in [0.1, 0.15) is 4.90 Å². The molecule has 0 aliphatic heterocycles. The highest BCUT2D eigenvalue weighted by Gasteiger charge is 2.19. The summed E-state index contributed by atoms with van der Waals surface area (Å²) in [5, 5.41) is 7.62. The average molecular weight is 495 g/mol. The number of nitrogens with zero attached hydrogens (tertiary/aromatic N) is 2. The van der Waals surface area contributed by atoms with E-state index in [1.165, 1.54) is 24.3 Å². The maximum Gasteiger partial charge on any atom is 0.263 e. The fraction of sp³-hybridized carbons (Fsp3) is 0.273. The van der Waals surface area contributed by atoms with E-state index in [1.54, 1.807) is 18.2 Å². The van der Waals surface area contributed by atoms with Crippen LogP contribution in [-0.4, -0.2) is 30.7 Å². The normalized spacial score (nSPS) is 12.4. The van der Waals surface area contributed by atoms with Crippen LogP contribution in [0.3, 0.4) is 0 Å². The Morgan fingerprint density at radius 3 is 2.56 bits per heavy atom. The van der Waals surface area contributed by atoms with Crippen LogP contribution in [0.5, 0.6) is 0 Å². The molecule has 1 aromatic heterocycles.